The van der Waals surface area contributed by atoms with Gasteiger partial charge < -0.3 is 24.3 Å². The lowest BCUT2D eigenvalue weighted by atomic mass is 10.1. The number of esters is 1. The SMILES string of the molecule is CNC(CS/C=C/c1ccc(OC(C)(C)C)c(OC(=O)N(C)c2ccccc2)c1)c1ccc(OC(=O)Cc2ccc(OC)cc2)cc1. The van der Waals surface area contributed by atoms with E-state index >= 15 is 0 Å². The van der Waals surface area contributed by atoms with Crippen LogP contribution in [0, 0.1) is 0 Å². The normalized spacial score (nSPS) is 12.0. The smallest absolute Gasteiger partial charge is 0.419 e. The van der Waals surface area contributed by atoms with Gasteiger partial charge in [-0.3, -0.25) is 9.69 Å². The van der Waals surface area contributed by atoms with Gasteiger partial charge in [0.05, 0.1) is 13.5 Å². The first kappa shape index (κ1) is 35.1. The molecule has 1 atom stereocenters. The summed E-state index contributed by atoms with van der Waals surface area (Å²) in [4.78, 5) is 26.9. The number of nitrogens with one attached hydrogen (secondary N) is 1. The maximum absolute atomic E-state index is 13.0. The highest BCUT2D eigenvalue weighted by molar-refractivity contribution is 8.02. The molecule has 1 unspecified atom stereocenters. The topological polar surface area (TPSA) is 86.3 Å². The fourth-order valence-electron chi connectivity index (χ4n) is 4.51. The van der Waals surface area contributed by atoms with Crippen molar-refractivity contribution >= 4 is 35.6 Å². The first-order chi connectivity index (χ1) is 22.5. The Morgan fingerprint density at radius 1 is 0.872 bits per heavy atom. The molecule has 4 rings (SSSR count). The van der Waals surface area contributed by atoms with E-state index in [0.29, 0.717) is 17.2 Å². The van der Waals surface area contributed by atoms with Crippen molar-refractivity contribution in [3.8, 4) is 23.0 Å². The number of carbonyl (C=O) groups is 2. The van der Waals surface area contributed by atoms with Gasteiger partial charge in [-0.2, -0.15) is 0 Å². The largest absolute Gasteiger partial charge is 0.497 e. The van der Waals surface area contributed by atoms with Crippen LogP contribution in [0.25, 0.3) is 6.08 Å². The number of thioether (sulfide) groups is 1. The van der Waals surface area contributed by atoms with Gasteiger partial charge in [-0.1, -0.05) is 48.5 Å². The Morgan fingerprint density at radius 3 is 2.19 bits per heavy atom. The number of methoxy groups -OCH3 is 1. The van der Waals surface area contributed by atoms with Gasteiger partial charge in [-0.05, 0) is 105 Å². The Labute approximate surface area is 281 Å². The minimum absolute atomic E-state index is 0.0706. The number of carbonyl (C=O) groups excluding carboxylic acids is 2. The summed E-state index contributed by atoms with van der Waals surface area (Å²) in [5.74, 6) is 2.51. The number of anilines is 1. The lowest BCUT2D eigenvalue weighted by Gasteiger charge is -2.24. The molecule has 0 saturated heterocycles. The third-order valence-electron chi connectivity index (χ3n) is 6.99. The molecule has 0 aliphatic carbocycles. The minimum atomic E-state index is -0.514. The highest BCUT2D eigenvalue weighted by Gasteiger charge is 2.20. The predicted octanol–water partition coefficient (Wildman–Crippen LogP) is 8.32. The summed E-state index contributed by atoms with van der Waals surface area (Å²) < 4.78 is 22.6. The van der Waals surface area contributed by atoms with Crippen LogP contribution in [0.15, 0.2) is 102 Å². The van der Waals surface area contributed by atoms with Gasteiger partial charge in [-0.15, -0.1) is 11.8 Å². The third kappa shape index (κ3) is 10.9. The van der Waals surface area contributed by atoms with E-state index < -0.39 is 11.7 Å². The van der Waals surface area contributed by atoms with E-state index in [1.54, 1.807) is 32.0 Å². The molecule has 4 aromatic rings. The molecule has 0 heterocycles. The molecule has 246 valence electrons. The van der Waals surface area contributed by atoms with Crippen LogP contribution >= 0.6 is 11.8 Å². The summed E-state index contributed by atoms with van der Waals surface area (Å²) in [5.41, 5.74) is 3.05. The van der Waals surface area contributed by atoms with E-state index in [1.807, 2.05) is 130 Å². The Hall–Kier alpha value is -4.73. The molecule has 0 aromatic heterocycles. The van der Waals surface area contributed by atoms with E-state index in [-0.39, 0.29) is 18.4 Å². The molecule has 1 N–H and O–H groups in total. The number of nitrogens with zero attached hydrogens (tertiary/aromatic N) is 1. The molecular formula is C38H42N2O6S. The van der Waals surface area contributed by atoms with Crippen molar-refractivity contribution in [3.63, 3.8) is 0 Å². The Balaban J connectivity index is 1.35. The average Bonchev–Trinajstić information content (AvgIpc) is 3.06. The van der Waals surface area contributed by atoms with Gasteiger partial charge in [0.1, 0.15) is 17.1 Å². The molecule has 8 nitrogen and oxygen atoms in total. The van der Waals surface area contributed by atoms with Crippen LogP contribution in [-0.4, -0.2) is 44.6 Å². The van der Waals surface area contributed by atoms with Crippen molar-refractivity contribution in [1.82, 2.24) is 5.32 Å². The molecule has 0 spiro atoms. The molecule has 0 fully saturated rings. The number of amides is 1. The number of hydrogen-bond acceptors (Lipinski definition) is 8. The van der Waals surface area contributed by atoms with Crippen LogP contribution < -0.4 is 29.2 Å². The fourth-order valence-corrected chi connectivity index (χ4v) is 5.43. The van der Waals surface area contributed by atoms with Crippen LogP contribution in [0.1, 0.15) is 43.5 Å². The van der Waals surface area contributed by atoms with Gasteiger partial charge in [0.2, 0.25) is 0 Å². The molecule has 0 radical (unpaired) electrons. The first-order valence-corrected chi connectivity index (χ1v) is 16.3. The Bertz CT molecular complexity index is 1630. The van der Waals surface area contributed by atoms with E-state index in [0.717, 1.165) is 33.9 Å². The van der Waals surface area contributed by atoms with Crippen LogP contribution in [0.3, 0.4) is 0 Å². The van der Waals surface area contributed by atoms with Gasteiger partial charge in [0.25, 0.3) is 0 Å². The first-order valence-electron chi connectivity index (χ1n) is 15.3. The molecule has 1 amide bonds. The summed E-state index contributed by atoms with van der Waals surface area (Å²) in [6, 6.07) is 29.8. The van der Waals surface area contributed by atoms with Crippen molar-refractivity contribution in [2.45, 2.75) is 38.8 Å². The second kappa shape index (κ2) is 16.7. The Kier molecular flexibility index (Phi) is 12.5. The summed E-state index contributed by atoms with van der Waals surface area (Å²) >= 11 is 1.65. The van der Waals surface area contributed by atoms with E-state index in [9.17, 15) is 9.59 Å². The number of benzene rings is 4. The van der Waals surface area contributed by atoms with Crippen molar-refractivity contribution in [2.75, 3.05) is 31.9 Å². The number of hydrogen-bond donors (Lipinski definition) is 1. The summed E-state index contributed by atoms with van der Waals surface area (Å²) in [7, 11) is 5.19. The molecule has 9 heteroatoms. The quantitative estimate of drug-likeness (QED) is 0.114. The lowest BCUT2D eigenvalue weighted by molar-refractivity contribution is -0.133. The van der Waals surface area contributed by atoms with E-state index in [1.165, 1.54) is 4.90 Å². The third-order valence-corrected chi connectivity index (χ3v) is 7.84. The second-order valence-electron chi connectivity index (χ2n) is 11.7. The molecule has 0 saturated carbocycles. The standard InChI is InChI=1S/C38H42N2O6S/c1-38(2,3)46-34-21-14-28(24-35(34)45-37(42)40(5)30-10-8-7-9-11-30)22-23-47-26-33(39-4)29-15-19-32(20-16-29)44-36(41)25-27-12-17-31(43-6)18-13-27/h7-24,33,39H,25-26H2,1-6H3/b23-22+. The number of ether oxygens (including phenoxy) is 4. The minimum Gasteiger partial charge on any atom is -0.497 e. The van der Waals surface area contributed by atoms with Gasteiger partial charge in [0.15, 0.2) is 11.5 Å². The Morgan fingerprint density at radius 2 is 1.55 bits per heavy atom. The summed E-state index contributed by atoms with van der Waals surface area (Å²) in [6.45, 7) is 5.84. The van der Waals surface area contributed by atoms with Crippen molar-refractivity contribution < 1.29 is 28.5 Å². The van der Waals surface area contributed by atoms with Gasteiger partial charge in [-0.25, -0.2) is 4.79 Å². The lowest BCUT2D eigenvalue weighted by Crippen LogP contribution is -2.30. The van der Waals surface area contributed by atoms with E-state index in [2.05, 4.69) is 5.32 Å². The average molecular weight is 655 g/mol. The second-order valence-corrected chi connectivity index (χ2v) is 12.7. The molecule has 0 bridgehead atoms. The maximum atomic E-state index is 13.0. The number of para-hydroxylation sites is 1. The molecule has 47 heavy (non-hydrogen) atoms. The van der Waals surface area contributed by atoms with Gasteiger partial charge >= 0.3 is 12.1 Å². The summed E-state index contributed by atoms with van der Waals surface area (Å²) in [5, 5.41) is 5.37. The zero-order valence-corrected chi connectivity index (χ0v) is 28.5. The molecule has 0 aliphatic heterocycles. The monoisotopic (exact) mass is 654 g/mol. The predicted molar refractivity (Wildman–Crippen MR) is 190 cm³/mol. The molecule has 0 aliphatic rings. The van der Waals surface area contributed by atoms with Gasteiger partial charge in [0, 0.05) is 24.5 Å². The number of rotatable bonds is 13. The van der Waals surface area contributed by atoms with Crippen molar-refractivity contribution in [2.24, 2.45) is 0 Å². The van der Waals surface area contributed by atoms with E-state index in [4.69, 9.17) is 18.9 Å². The van der Waals surface area contributed by atoms with Crippen molar-refractivity contribution in [3.05, 3.63) is 119 Å². The molecular weight excluding hydrogens is 612 g/mol. The highest BCUT2D eigenvalue weighted by Crippen LogP contribution is 2.33. The van der Waals surface area contributed by atoms with Crippen LogP contribution in [0.2, 0.25) is 0 Å². The van der Waals surface area contributed by atoms with Crippen molar-refractivity contribution in [1.29, 1.82) is 0 Å². The van der Waals surface area contributed by atoms with Crippen LogP contribution in [0.4, 0.5) is 10.5 Å². The zero-order valence-electron chi connectivity index (χ0n) is 27.7. The van der Waals surface area contributed by atoms with Crippen LogP contribution in [-0.2, 0) is 11.2 Å². The maximum Gasteiger partial charge on any atom is 0.419 e. The highest BCUT2D eigenvalue weighted by atomic mass is 32.2. The summed E-state index contributed by atoms with van der Waals surface area (Å²) in [6.07, 6.45) is 1.64. The zero-order chi connectivity index (χ0) is 33.8. The fraction of sp³-hybridized carbons (Fsp3) is 0.263. The van der Waals surface area contributed by atoms with Crippen LogP contribution in [0.5, 0.6) is 23.0 Å². The molecule has 4 aromatic carbocycles.